The third-order valence-corrected chi connectivity index (χ3v) is 2.79. The van der Waals surface area contributed by atoms with Gasteiger partial charge in [0.2, 0.25) is 5.91 Å². The van der Waals surface area contributed by atoms with E-state index in [1.807, 2.05) is 0 Å². The number of halogens is 1. The maximum absolute atomic E-state index is 13.4. The van der Waals surface area contributed by atoms with Crippen molar-refractivity contribution in [2.24, 2.45) is 5.92 Å². The second-order valence-electron chi connectivity index (χ2n) is 4.53. The zero-order chi connectivity index (χ0) is 13.1. The number of hydrogen-bond acceptors (Lipinski definition) is 2. The lowest BCUT2D eigenvalue weighted by molar-refractivity contribution is -0.114. The molecule has 0 atom stereocenters. The first-order valence-electron chi connectivity index (χ1n) is 5.91. The third kappa shape index (κ3) is 3.29. The number of amides is 2. The van der Waals surface area contributed by atoms with Crippen molar-refractivity contribution in [1.29, 1.82) is 0 Å². The summed E-state index contributed by atoms with van der Waals surface area (Å²) in [5.41, 5.74) is 0.377. The molecule has 1 fully saturated rings. The van der Waals surface area contributed by atoms with Crippen LogP contribution in [0, 0.1) is 11.7 Å². The van der Waals surface area contributed by atoms with Crippen LogP contribution in [0.5, 0.6) is 0 Å². The molecule has 0 spiro atoms. The van der Waals surface area contributed by atoms with E-state index in [2.05, 4.69) is 10.6 Å². The monoisotopic (exact) mass is 250 g/mol. The van der Waals surface area contributed by atoms with Gasteiger partial charge in [-0.05, 0) is 37.0 Å². The summed E-state index contributed by atoms with van der Waals surface area (Å²) in [6, 6.07) is 3.93. The first-order valence-corrected chi connectivity index (χ1v) is 5.91. The average molecular weight is 250 g/mol. The molecule has 2 N–H and O–H groups in total. The van der Waals surface area contributed by atoms with Crippen LogP contribution in [0.2, 0.25) is 0 Å². The minimum Gasteiger partial charge on any atom is -0.352 e. The Labute approximate surface area is 105 Å². The average Bonchev–Trinajstić information content (AvgIpc) is 3.12. The number of carbonyl (C=O) groups excluding carboxylic acids is 2. The van der Waals surface area contributed by atoms with Crippen molar-refractivity contribution in [1.82, 2.24) is 5.32 Å². The molecule has 1 aliphatic carbocycles. The topological polar surface area (TPSA) is 58.2 Å². The standard InChI is InChI=1S/C13H15FN2O2/c1-8(17)16-12-6-10(4-5-11(12)14)13(18)15-7-9-2-3-9/h4-6,9H,2-3,7H2,1H3,(H,15,18)(H,16,17). The Morgan fingerprint density at radius 3 is 2.72 bits per heavy atom. The van der Waals surface area contributed by atoms with Crippen LogP contribution in [0.1, 0.15) is 30.1 Å². The number of rotatable bonds is 4. The van der Waals surface area contributed by atoms with Crippen LogP contribution < -0.4 is 10.6 Å². The molecule has 5 heteroatoms. The first-order chi connectivity index (χ1) is 8.56. The first kappa shape index (κ1) is 12.5. The van der Waals surface area contributed by atoms with Crippen LogP contribution in [0.4, 0.5) is 10.1 Å². The molecule has 0 heterocycles. The molecule has 0 unspecified atom stereocenters. The van der Waals surface area contributed by atoms with Gasteiger partial charge in [0.05, 0.1) is 5.69 Å². The van der Waals surface area contributed by atoms with Crippen molar-refractivity contribution < 1.29 is 14.0 Å². The van der Waals surface area contributed by atoms with Crippen molar-refractivity contribution in [2.75, 3.05) is 11.9 Å². The number of hydrogen-bond donors (Lipinski definition) is 2. The summed E-state index contributed by atoms with van der Waals surface area (Å²) in [6.07, 6.45) is 2.31. The van der Waals surface area contributed by atoms with Crippen LogP contribution in [0.25, 0.3) is 0 Å². The van der Waals surface area contributed by atoms with E-state index in [9.17, 15) is 14.0 Å². The van der Waals surface area contributed by atoms with E-state index >= 15 is 0 Å². The van der Waals surface area contributed by atoms with Crippen LogP contribution in [-0.2, 0) is 4.79 Å². The summed E-state index contributed by atoms with van der Waals surface area (Å²) in [5, 5.41) is 5.14. The SMILES string of the molecule is CC(=O)Nc1cc(C(=O)NCC2CC2)ccc1F. The second-order valence-corrected chi connectivity index (χ2v) is 4.53. The molecule has 96 valence electrons. The van der Waals surface area contributed by atoms with Crippen LogP contribution in [0.15, 0.2) is 18.2 Å². The Kier molecular flexibility index (Phi) is 3.60. The lowest BCUT2D eigenvalue weighted by Crippen LogP contribution is -2.25. The van der Waals surface area contributed by atoms with Crippen molar-refractivity contribution in [2.45, 2.75) is 19.8 Å². The van der Waals surface area contributed by atoms with E-state index in [-0.39, 0.29) is 17.5 Å². The molecule has 1 saturated carbocycles. The summed E-state index contributed by atoms with van der Waals surface area (Å²) in [4.78, 5) is 22.7. The van der Waals surface area contributed by atoms with Crippen molar-refractivity contribution >= 4 is 17.5 Å². The van der Waals surface area contributed by atoms with Gasteiger partial charge < -0.3 is 10.6 Å². The molecule has 18 heavy (non-hydrogen) atoms. The van der Waals surface area contributed by atoms with Gasteiger partial charge in [0.1, 0.15) is 5.82 Å². The molecule has 1 aromatic rings. The number of benzene rings is 1. The summed E-state index contributed by atoms with van der Waals surface area (Å²) in [5.74, 6) is -0.578. The van der Waals surface area contributed by atoms with E-state index in [1.54, 1.807) is 0 Å². The van der Waals surface area contributed by atoms with E-state index < -0.39 is 5.82 Å². The molecular formula is C13H15FN2O2. The van der Waals surface area contributed by atoms with E-state index in [1.165, 1.54) is 25.1 Å². The highest BCUT2D eigenvalue weighted by Gasteiger charge is 2.22. The summed E-state index contributed by atoms with van der Waals surface area (Å²) in [6.45, 7) is 1.95. The van der Waals surface area contributed by atoms with Gasteiger partial charge in [-0.25, -0.2) is 4.39 Å². The van der Waals surface area contributed by atoms with Gasteiger partial charge in [0.25, 0.3) is 5.91 Å². The minimum atomic E-state index is -0.552. The molecule has 0 bridgehead atoms. The summed E-state index contributed by atoms with van der Waals surface area (Å²) < 4.78 is 13.4. The number of anilines is 1. The maximum Gasteiger partial charge on any atom is 0.251 e. The molecule has 4 nitrogen and oxygen atoms in total. The third-order valence-electron chi connectivity index (χ3n) is 2.79. The molecule has 0 radical (unpaired) electrons. The summed E-state index contributed by atoms with van der Waals surface area (Å²) in [7, 11) is 0. The van der Waals surface area contributed by atoms with E-state index in [0.717, 1.165) is 12.8 Å². The highest BCUT2D eigenvalue weighted by molar-refractivity contribution is 5.96. The van der Waals surface area contributed by atoms with Crippen LogP contribution in [0.3, 0.4) is 0 Å². The smallest absolute Gasteiger partial charge is 0.251 e. The Morgan fingerprint density at radius 2 is 2.11 bits per heavy atom. The number of carbonyl (C=O) groups is 2. The fraction of sp³-hybridized carbons (Fsp3) is 0.385. The Morgan fingerprint density at radius 1 is 1.39 bits per heavy atom. The predicted octanol–water partition coefficient (Wildman–Crippen LogP) is 1.92. The highest BCUT2D eigenvalue weighted by Crippen LogP contribution is 2.27. The van der Waals surface area contributed by atoms with Gasteiger partial charge in [-0.1, -0.05) is 0 Å². The maximum atomic E-state index is 13.4. The Hall–Kier alpha value is -1.91. The minimum absolute atomic E-state index is 0.0292. The van der Waals surface area contributed by atoms with Crippen LogP contribution >= 0.6 is 0 Å². The van der Waals surface area contributed by atoms with E-state index in [4.69, 9.17) is 0 Å². The van der Waals surface area contributed by atoms with Crippen molar-refractivity contribution in [3.05, 3.63) is 29.6 Å². The molecule has 0 aromatic heterocycles. The lowest BCUT2D eigenvalue weighted by atomic mass is 10.1. The fourth-order valence-electron chi connectivity index (χ4n) is 1.61. The zero-order valence-electron chi connectivity index (χ0n) is 10.1. The molecule has 2 amide bonds. The van der Waals surface area contributed by atoms with Crippen LogP contribution in [-0.4, -0.2) is 18.4 Å². The molecule has 0 saturated heterocycles. The molecule has 0 aliphatic heterocycles. The van der Waals surface area contributed by atoms with E-state index in [0.29, 0.717) is 18.0 Å². The largest absolute Gasteiger partial charge is 0.352 e. The quantitative estimate of drug-likeness (QED) is 0.857. The van der Waals surface area contributed by atoms with Gasteiger partial charge in [0.15, 0.2) is 0 Å². The van der Waals surface area contributed by atoms with Gasteiger partial charge in [-0.15, -0.1) is 0 Å². The zero-order valence-corrected chi connectivity index (χ0v) is 10.1. The van der Waals surface area contributed by atoms with Gasteiger partial charge in [-0.2, -0.15) is 0 Å². The van der Waals surface area contributed by atoms with Crippen molar-refractivity contribution in [3.8, 4) is 0 Å². The normalized spacial score (nSPS) is 14.1. The van der Waals surface area contributed by atoms with Crippen molar-refractivity contribution in [3.63, 3.8) is 0 Å². The highest BCUT2D eigenvalue weighted by atomic mass is 19.1. The molecule has 2 rings (SSSR count). The molecule has 1 aliphatic rings. The second kappa shape index (κ2) is 5.16. The Bertz CT molecular complexity index is 484. The molecular weight excluding hydrogens is 235 g/mol. The Balaban J connectivity index is 2.06. The van der Waals surface area contributed by atoms with Gasteiger partial charge in [0, 0.05) is 19.0 Å². The lowest BCUT2D eigenvalue weighted by Gasteiger charge is -2.08. The molecule has 1 aromatic carbocycles. The predicted molar refractivity (Wildman–Crippen MR) is 65.8 cm³/mol. The summed E-state index contributed by atoms with van der Waals surface area (Å²) >= 11 is 0. The number of nitrogens with one attached hydrogen (secondary N) is 2. The fourth-order valence-corrected chi connectivity index (χ4v) is 1.61. The van der Waals surface area contributed by atoms with Gasteiger partial charge in [-0.3, -0.25) is 9.59 Å². The van der Waals surface area contributed by atoms with Gasteiger partial charge >= 0.3 is 0 Å².